The zero-order valence-electron chi connectivity index (χ0n) is 8.11. The summed E-state index contributed by atoms with van der Waals surface area (Å²) in [6.45, 7) is 0. The standard InChI is InChI=1S/C12H10FNO/c13-10-6-9(7-1-2-7)5-8-3-4-14-12(15)11(8)10/h3-7,11H,1-2H2. The molecule has 15 heavy (non-hydrogen) atoms. The summed E-state index contributed by atoms with van der Waals surface area (Å²) in [5.74, 6) is -1.01. The van der Waals surface area contributed by atoms with E-state index in [9.17, 15) is 9.18 Å². The Labute approximate surface area is 86.9 Å². The fraction of sp³-hybridized carbons (Fsp3) is 0.333. The van der Waals surface area contributed by atoms with Crippen LogP contribution in [-0.4, -0.2) is 12.1 Å². The molecular formula is C12H10FNO. The Kier molecular flexibility index (Phi) is 1.75. The number of fused-ring (bicyclic) bond motifs is 1. The van der Waals surface area contributed by atoms with Crippen molar-refractivity contribution in [1.29, 1.82) is 0 Å². The Morgan fingerprint density at radius 3 is 2.80 bits per heavy atom. The highest BCUT2D eigenvalue weighted by molar-refractivity contribution is 5.98. The number of carbonyl (C=O) groups is 1. The van der Waals surface area contributed by atoms with E-state index in [0.29, 0.717) is 5.92 Å². The van der Waals surface area contributed by atoms with Gasteiger partial charge in [-0.3, -0.25) is 4.79 Å². The Balaban J connectivity index is 2.03. The van der Waals surface area contributed by atoms with Gasteiger partial charge in [-0.05, 0) is 42.1 Å². The number of allylic oxidation sites excluding steroid dienone is 4. The van der Waals surface area contributed by atoms with Crippen LogP contribution < -0.4 is 0 Å². The van der Waals surface area contributed by atoms with Gasteiger partial charge in [0.2, 0.25) is 0 Å². The van der Waals surface area contributed by atoms with Gasteiger partial charge in [-0.25, -0.2) is 9.38 Å². The van der Waals surface area contributed by atoms with Crippen LogP contribution in [-0.2, 0) is 4.79 Å². The zero-order valence-corrected chi connectivity index (χ0v) is 8.11. The largest absolute Gasteiger partial charge is 0.271 e. The second-order valence-corrected chi connectivity index (χ2v) is 4.16. The van der Waals surface area contributed by atoms with Crippen LogP contribution in [0.3, 0.4) is 0 Å². The van der Waals surface area contributed by atoms with Crippen LogP contribution in [0.1, 0.15) is 12.8 Å². The van der Waals surface area contributed by atoms with Gasteiger partial charge in [0.05, 0.1) is 0 Å². The summed E-state index contributed by atoms with van der Waals surface area (Å²) in [5.41, 5.74) is 1.77. The Morgan fingerprint density at radius 2 is 2.07 bits per heavy atom. The predicted molar refractivity (Wildman–Crippen MR) is 55.1 cm³/mol. The van der Waals surface area contributed by atoms with Crippen LogP contribution in [0.4, 0.5) is 4.39 Å². The number of hydrogen-bond acceptors (Lipinski definition) is 1. The molecule has 0 aromatic carbocycles. The van der Waals surface area contributed by atoms with E-state index in [2.05, 4.69) is 4.99 Å². The molecule has 0 aromatic heterocycles. The van der Waals surface area contributed by atoms with E-state index in [1.807, 2.05) is 6.08 Å². The first kappa shape index (κ1) is 8.77. The summed E-state index contributed by atoms with van der Waals surface area (Å²) in [7, 11) is 0. The summed E-state index contributed by atoms with van der Waals surface area (Å²) in [5, 5.41) is 0. The van der Waals surface area contributed by atoms with E-state index in [-0.39, 0.29) is 5.83 Å². The van der Waals surface area contributed by atoms with Gasteiger partial charge in [0.15, 0.2) is 0 Å². The summed E-state index contributed by atoms with van der Waals surface area (Å²) in [6, 6.07) is 0. The van der Waals surface area contributed by atoms with Crippen molar-refractivity contribution in [3.63, 3.8) is 0 Å². The Hall–Kier alpha value is -1.51. The number of nitrogens with zero attached hydrogens (tertiary/aromatic N) is 1. The van der Waals surface area contributed by atoms with E-state index >= 15 is 0 Å². The first-order chi connectivity index (χ1) is 7.25. The molecule has 0 N–H and O–H groups in total. The number of halogens is 1. The van der Waals surface area contributed by atoms with E-state index in [4.69, 9.17) is 0 Å². The number of carbonyl (C=O) groups excluding carboxylic acids is 1. The van der Waals surface area contributed by atoms with Crippen LogP contribution in [0.25, 0.3) is 0 Å². The quantitative estimate of drug-likeness (QED) is 0.643. The fourth-order valence-electron chi connectivity index (χ4n) is 2.05. The molecule has 76 valence electrons. The van der Waals surface area contributed by atoms with Gasteiger partial charge in [-0.15, -0.1) is 0 Å². The van der Waals surface area contributed by atoms with Crippen molar-refractivity contribution < 1.29 is 9.18 Å². The second kappa shape index (κ2) is 2.99. The molecule has 1 atom stereocenters. The third kappa shape index (κ3) is 1.39. The predicted octanol–water partition coefficient (Wildman–Crippen LogP) is 2.34. The van der Waals surface area contributed by atoms with Crippen molar-refractivity contribution in [2.45, 2.75) is 12.8 Å². The summed E-state index contributed by atoms with van der Waals surface area (Å²) in [4.78, 5) is 15.0. The SMILES string of the molecule is O=C1N=CC=C2C=C(C3CC3)C=C(F)C12. The molecule has 1 amide bonds. The highest BCUT2D eigenvalue weighted by Gasteiger charge is 2.34. The lowest BCUT2D eigenvalue weighted by atomic mass is 9.87. The van der Waals surface area contributed by atoms with Crippen molar-refractivity contribution >= 4 is 12.1 Å². The maximum Gasteiger partial charge on any atom is 0.260 e. The number of rotatable bonds is 1. The van der Waals surface area contributed by atoms with E-state index < -0.39 is 11.8 Å². The van der Waals surface area contributed by atoms with Gasteiger partial charge in [0.1, 0.15) is 11.7 Å². The molecule has 0 saturated heterocycles. The van der Waals surface area contributed by atoms with E-state index in [1.165, 1.54) is 12.3 Å². The number of hydrogen-bond donors (Lipinski definition) is 0. The molecular weight excluding hydrogens is 193 g/mol. The molecule has 1 unspecified atom stereocenters. The molecule has 0 spiro atoms. The first-order valence-electron chi connectivity index (χ1n) is 5.12. The van der Waals surface area contributed by atoms with Crippen LogP contribution in [0.2, 0.25) is 0 Å². The van der Waals surface area contributed by atoms with Gasteiger partial charge < -0.3 is 0 Å². The lowest BCUT2D eigenvalue weighted by Gasteiger charge is -2.20. The zero-order chi connectivity index (χ0) is 10.4. The molecule has 0 radical (unpaired) electrons. The Morgan fingerprint density at radius 1 is 1.27 bits per heavy atom. The first-order valence-corrected chi connectivity index (χ1v) is 5.12. The highest BCUT2D eigenvalue weighted by Crippen LogP contribution is 2.42. The van der Waals surface area contributed by atoms with Gasteiger partial charge in [0, 0.05) is 6.21 Å². The molecule has 0 bridgehead atoms. The number of dihydropyridines is 1. The lowest BCUT2D eigenvalue weighted by Crippen LogP contribution is -2.20. The summed E-state index contributed by atoms with van der Waals surface area (Å²) < 4.78 is 13.7. The second-order valence-electron chi connectivity index (χ2n) is 4.16. The van der Waals surface area contributed by atoms with Crippen molar-refractivity contribution in [1.82, 2.24) is 0 Å². The maximum absolute atomic E-state index is 13.7. The fourth-order valence-corrected chi connectivity index (χ4v) is 2.05. The molecule has 1 heterocycles. The number of aliphatic imine (C=N–C) groups is 1. The number of amides is 1. The van der Waals surface area contributed by atoms with E-state index in [0.717, 1.165) is 24.0 Å². The average molecular weight is 203 g/mol. The van der Waals surface area contributed by atoms with Gasteiger partial charge in [0.25, 0.3) is 5.91 Å². The van der Waals surface area contributed by atoms with Crippen LogP contribution in [0.15, 0.2) is 40.2 Å². The van der Waals surface area contributed by atoms with Crippen molar-refractivity contribution in [2.24, 2.45) is 16.8 Å². The van der Waals surface area contributed by atoms with Crippen LogP contribution in [0, 0.1) is 11.8 Å². The minimum Gasteiger partial charge on any atom is -0.271 e. The van der Waals surface area contributed by atoms with Crippen molar-refractivity contribution in [3.8, 4) is 0 Å². The van der Waals surface area contributed by atoms with Gasteiger partial charge >= 0.3 is 0 Å². The molecule has 3 heteroatoms. The van der Waals surface area contributed by atoms with E-state index in [1.54, 1.807) is 6.08 Å². The molecule has 1 aliphatic heterocycles. The minimum atomic E-state index is -0.766. The molecule has 1 fully saturated rings. The van der Waals surface area contributed by atoms with Crippen LogP contribution in [0.5, 0.6) is 0 Å². The van der Waals surface area contributed by atoms with Crippen LogP contribution >= 0.6 is 0 Å². The third-order valence-electron chi connectivity index (χ3n) is 3.01. The Bertz CT molecular complexity index is 452. The normalized spacial score (nSPS) is 29.3. The molecule has 0 aromatic rings. The lowest BCUT2D eigenvalue weighted by molar-refractivity contribution is -0.119. The molecule has 1 saturated carbocycles. The van der Waals surface area contributed by atoms with Gasteiger partial charge in [-0.1, -0.05) is 6.08 Å². The van der Waals surface area contributed by atoms with Crippen molar-refractivity contribution in [2.75, 3.05) is 0 Å². The summed E-state index contributed by atoms with van der Waals surface area (Å²) >= 11 is 0. The maximum atomic E-state index is 13.7. The minimum absolute atomic E-state index is 0.354. The molecule has 3 rings (SSSR count). The third-order valence-corrected chi connectivity index (χ3v) is 3.01. The average Bonchev–Trinajstić information content (AvgIpc) is 3.00. The molecule has 2 nitrogen and oxygen atoms in total. The smallest absolute Gasteiger partial charge is 0.260 e. The monoisotopic (exact) mass is 203 g/mol. The summed E-state index contributed by atoms with van der Waals surface area (Å²) in [6.07, 6.45) is 8.90. The molecule has 2 aliphatic carbocycles. The van der Waals surface area contributed by atoms with Gasteiger partial charge in [-0.2, -0.15) is 0 Å². The topological polar surface area (TPSA) is 29.4 Å². The van der Waals surface area contributed by atoms with Crippen molar-refractivity contribution in [3.05, 3.63) is 35.2 Å². The molecule has 3 aliphatic rings. The highest BCUT2D eigenvalue weighted by atomic mass is 19.1.